The molecule has 0 radical (unpaired) electrons. The molecular weight excluding hydrogens is 288 g/mol. The number of hydrogen-bond acceptors (Lipinski definition) is 4. The van der Waals surface area contributed by atoms with Crippen LogP contribution in [-0.2, 0) is 11.8 Å². The standard InChI is InChI=1S/C18H20N4O/c1-19-13-8-4-5-9-14(13)20-12-17(23-3)18-21-15-10-6-7-11-16(15)22(18)2/h4-12,17,19H,1-3H3. The van der Waals surface area contributed by atoms with Crippen molar-refractivity contribution < 1.29 is 4.74 Å². The Morgan fingerprint density at radius 2 is 1.91 bits per heavy atom. The highest BCUT2D eigenvalue weighted by molar-refractivity contribution is 5.79. The molecule has 5 nitrogen and oxygen atoms in total. The van der Waals surface area contributed by atoms with E-state index in [0.29, 0.717) is 0 Å². The van der Waals surface area contributed by atoms with E-state index in [-0.39, 0.29) is 6.10 Å². The van der Waals surface area contributed by atoms with Crippen molar-refractivity contribution in [3.63, 3.8) is 0 Å². The van der Waals surface area contributed by atoms with Gasteiger partial charge in [0, 0.05) is 27.4 Å². The molecule has 0 bridgehead atoms. The SMILES string of the molecule is CNc1ccccc1N=CC(OC)c1nc2ccccc2n1C. The van der Waals surface area contributed by atoms with Crippen LogP contribution in [0.15, 0.2) is 53.5 Å². The molecule has 3 aromatic rings. The summed E-state index contributed by atoms with van der Waals surface area (Å²) in [7, 11) is 5.54. The number of ether oxygens (including phenoxy) is 1. The highest BCUT2D eigenvalue weighted by Gasteiger charge is 2.16. The fraction of sp³-hybridized carbons (Fsp3) is 0.222. The molecule has 118 valence electrons. The monoisotopic (exact) mass is 308 g/mol. The lowest BCUT2D eigenvalue weighted by Crippen LogP contribution is -2.09. The van der Waals surface area contributed by atoms with Crippen LogP contribution in [-0.4, -0.2) is 29.9 Å². The normalized spacial score (nSPS) is 12.8. The molecule has 0 fully saturated rings. The van der Waals surface area contributed by atoms with Gasteiger partial charge in [-0.25, -0.2) is 4.98 Å². The van der Waals surface area contributed by atoms with Crippen LogP contribution in [0.1, 0.15) is 11.9 Å². The maximum Gasteiger partial charge on any atom is 0.150 e. The summed E-state index contributed by atoms with van der Waals surface area (Å²) in [4.78, 5) is 9.24. The molecule has 0 aliphatic heterocycles. The van der Waals surface area contributed by atoms with Crippen LogP contribution in [0, 0.1) is 0 Å². The molecule has 0 saturated heterocycles. The van der Waals surface area contributed by atoms with Gasteiger partial charge in [-0.1, -0.05) is 24.3 Å². The maximum atomic E-state index is 5.59. The number of methoxy groups -OCH3 is 1. The van der Waals surface area contributed by atoms with E-state index in [9.17, 15) is 0 Å². The Labute approximate surface area is 135 Å². The molecule has 0 spiro atoms. The molecule has 1 atom stereocenters. The summed E-state index contributed by atoms with van der Waals surface area (Å²) in [5.74, 6) is 0.833. The van der Waals surface area contributed by atoms with Crippen molar-refractivity contribution in [2.24, 2.45) is 12.0 Å². The van der Waals surface area contributed by atoms with Crippen molar-refractivity contribution >= 4 is 28.6 Å². The number of nitrogens with zero attached hydrogens (tertiary/aromatic N) is 3. The third-order valence-corrected chi connectivity index (χ3v) is 3.85. The number of aryl methyl sites for hydroxylation is 1. The van der Waals surface area contributed by atoms with Gasteiger partial charge in [0.05, 0.1) is 22.4 Å². The first-order valence-corrected chi connectivity index (χ1v) is 7.49. The zero-order chi connectivity index (χ0) is 16.2. The van der Waals surface area contributed by atoms with Crippen LogP contribution in [0.25, 0.3) is 11.0 Å². The Balaban J connectivity index is 1.95. The topological polar surface area (TPSA) is 51.4 Å². The second-order valence-electron chi connectivity index (χ2n) is 5.22. The summed E-state index contributed by atoms with van der Waals surface area (Å²) in [6.45, 7) is 0. The van der Waals surface area contributed by atoms with E-state index in [2.05, 4.69) is 15.3 Å². The minimum Gasteiger partial charge on any atom is -0.386 e. The molecular formula is C18H20N4O. The lowest BCUT2D eigenvalue weighted by atomic mass is 10.2. The van der Waals surface area contributed by atoms with Gasteiger partial charge in [-0.05, 0) is 24.3 Å². The first-order chi connectivity index (χ1) is 11.2. The predicted molar refractivity (Wildman–Crippen MR) is 94.6 cm³/mol. The third-order valence-electron chi connectivity index (χ3n) is 3.85. The minimum atomic E-state index is -0.308. The first kappa shape index (κ1) is 15.2. The minimum absolute atomic E-state index is 0.308. The number of imidazole rings is 1. The van der Waals surface area contributed by atoms with Gasteiger partial charge in [-0.2, -0.15) is 0 Å². The van der Waals surface area contributed by atoms with E-state index in [4.69, 9.17) is 4.74 Å². The van der Waals surface area contributed by atoms with Crippen molar-refractivity contribution in [3.8, 4) is 0 Å². The first-order valence-electron chi connectivity index (χ1n) is 7.49. The molecule has 0 aliphatic carbocycles. The second kappa shape index (κ2) is 6.62. The van der Waals surface area contributed by atoms with Crippen LogP contribution in [0.4, 0.5) is 11.4 Å². The van der Waals surface area contributed by atoms with E-state index in [1.807, 2.05) is 67.2 Å². The van der Waals surface area contributed by atoms with Crippen molar-refractivity contribution in [2.75, 3.05) is 19.5 Å². The van der Waals surface area contributed by atoms with Gasteiger partial charge in [0.15, 0.2) is 0 Å². The molecule has 1 unspecified atom stereocenters. The van der Waals surface area contributed by atoms with Crippen molar-refractivity contribution in [3.05, 3.63) is 54.4 Å². The number of aliphatic imine (C=N–C) groups is 1. The van der Waals surface area contributed by atoms with Gasteiger partial charge in [0.2, 0.25) is 0 Å². The number of aromatic nitrogens is 2. The van der Waals surface area contributed by atoms with E-state index in [1.54, 1.807) is 13.3 Å². The van der Waals surface area contributed by atoms with Crippen LogP contribution < -0.4 is 5.32 Å². The van der Waals surface area contributed by atoms with Crippen molar-refractivity contribution in [1.82, 2.24) is 9.55 Å². The van der Waals surface area contributed by atoms with E-state index in [0.717, 1.165) is 28.2 Å². The van der Waals surface area contributed by atoms with Gasteiger partial charge in [-0.15, -0.1) is 0 Å². The molecule has 3 rings (SSSR count). The highest BCUT2D eigenvalue weighted by Crippen LogP contribution is 2.25. The average molecular weight is 308 g/mol. The summed E-state index contributed by atoms with van der Waals surface area (Å²) >= 11 is 0. The average Bonchev–Trinajstić information content (AvgIpc) is 2.93. The summed E-state index contributed by atoms with van der Waals surface area (Å²) in [5.41, 5.74) is 3.88. The Bertz CT molecular complexity index is 838. The predicted octanol–water partition coefficient (Wildman–Crippen LogP) is 3.71. The summed E-state index contributed by atoms with van der Waals surface area (Å²) < 4.78 is 7.63. The van der Waals surface area contributed by atoms with Crippen LogP contribution in [0.3, 0.4) is 0 Å². The maximum absolute atomic E-state index is 5.59. The molecule has 1 aromatic heterocycles. The summed E-state index contributed by atoms with van der Waals surface area (Å²) in [6.07, 6.45) is 1.48. The van der Waals surface area contributed by atoms with Crippen molar-refractivity contribution in [1.29, 1.82) is 0 Å². The fourth-order valence-corrected chi connectivity index (χ4v) is 2.60. The largest absolute Gasteiger partial charge is 0.386 e. The molecule has 23 heavy (non-hydrogen) atoms. The number of fused-ring (bicyclic) bond motifs is 1. The molecule has 0 amide bonds. The lowest BCUT2D eigenvalue weighted by molar-refractivity contribution is 0.152. The number of anilines is 1. The summed E-state index contributed by atoms with van der Waals surface area (Å²) in [5, 5.41) is 3.13. The third kappa shape index (κ3) is 2.96. The van der Waals surface area contributed by atoms with Gasteiger partial charge < -0.3 is 14.6 Å². The Morgan fingerprint density at radius 3 is 2.65 bits per heavy atom. The number of benzene rings is 2. The van der Waals surface area contributed by atoms with Crippen LogP contribution >= 0.6 is 0 Å². The fourth-order valence-electron chi connectivity index (χ4n) is 2.60. The van der Waals surface area contributed by atoms with Gasteiger partial charge >= 0.3 is 0 Å². The lowest BCUT2D eigenvalue weighted by Gasteiger charge is -2.11. The highest BCUT2D eigenvalue weighted by atomic mass is 16.5. The van der Waals surface area contributed by atoms with E-state index < -0.39 is 0 Å². The zero-order valence-electron chi connectivity index (χ0n) is 13.5. The zero-order valence-corrected chi connectivity index (χ0v) is 13.5. The van der Waals surface area contributed by atoms with E-state index >= 15 is 0 Å². The number of nitrogens with one attached hydrogen (secondary N) is 1. The Kier molecular flexibility index (Phi) is 4.39. The number of rotatable bonds is 5. The molecule has 5 heteroatoms. The molecule has 0 aliphatic rings. The second-order valence-corrected chi connectivity index (χ2v) is 5.22. The van der Waals surface area contributed by atoms with E-state index in [1.165, 1.54) is 0 Å². The molecule has 0 saturated carbocycles. The Hall–Kier alpha value is -2.66. The van der Waals surface area contributed by atoms with Crippen molar-refractivity contribution in [2.45, 2.75) is 6.10 Å². The molecule has 1 heterocycles. The smallest absolute Gasteiger partial charge is 0.150 e. The summed E-state index contributed by atoms with van der Waals surface area (Å²) in [6, 6.07) is 15.9. The molecule has 1 N–H and O–H groups in total. The molecule has 2 aromatic carbocycles. The van der Waals surface area contributed by atoms with Gasteiger partial charge in [0.25, 0.3) is 0 Å². The van der Waals surface area contributed by atoms with Crippen LogP contribution in [0.2, 0.25) is 0 Å². The quantitative estimate of drug-likeness (QED) is 0.731. The number of hydrogen-bond donors (Lipinski definition) is 1. The van der Waals surface area contributed by atoms with Gasteiger partial charge in [-0.3, -0.25) is 4.99 Å². The Morgan fingerprint density at radius 1 is 1.17 bits per heavy atom. The number of para-hydroxylation sites is 4. The van der Waals surface area contributed by atoms with Gasteiger partial charge in [0.1, 0.15) is 11.9 Å². The van der Waals surface area contributed by atoms with Crippen LogP contribution in [0.5, 0.6) is 0 Å².